The molecule has 1 heterocycles. The van der Waals surface area contributed by atoms with E-state index in [2.05, 4.69) is 46.7 Å². The maximum atomic E-state index is 4.19. The fourth-order valence-electron chi connectivity index (χ4n) is 1.48. The highest BCUT2D eigenvalue weighted by atomic mass is 32.1. The van der Waals surface area contributed by atoms with Crippen LogP contribution in [-0.4, -0.2) is 17.2 Å². The third-order valence-corrected chi connectivity index (χ3v) is 3.38. The predicted molar refractivity (Wildman–Crippen MR) is 67.5 cm³/mol. The Labute approximate surface area is 99.5 Å². The second-order valence-electron chi connectivity index (χ2n) is 3.58. The van der Waals surface area contributed by atoms with Gasteiger partial charge < -0.3 is 5.32 Å². The van der Waals surface area contributed by atoms with Gasteiger partial charge in [0.05, 0.1) is 0 Å². The van der Waals surface area contributed by atoms with Gasteiger partial charge in [-0.05, 0) is 19.0 Å². The molecule has 84 valence electrons. The Hall–Kier alpha value is -1.26. The molecule has 0 fully saturated rings. The van der Waals surface area contributed by atoms with Crippen molar-refractivity contribution in [3.8, 4) is 10.6 Å². The number of nitrogens with one attached hydrogen (secondary N) is 1. The van der Waals surface area contributed by atoms with Crippen molar-refractivity contribution in [1.82, 2.24) is 15.5 Å². The van der Waals surface area contributed by atoms with Crippen molar-refractivity contribution in [2.75, 3.05) is 7.05 Å². The first-order chi connectivity index (χ1) is 7.83. The quantitative estimate of drug-likeness (QED) is 0.881. The molecule has 0 saturated heterocycles. The van der Waals surface area contributed by atoms with E-state index in [-0.39, 0.29) is 0 Å². The van der Waals surface area contributed by atoms with Crippen molar-refractivity contribution in [3.63, 3.8) is 0 Å². The van der Waals surface area contributed by atoms with E-state index in [1.807, 2.05) is 7.05 Å². The molecule has 0 unspecified atom stereocenters. The molecule has 0 spiro atoms. The zero-order chi connectivity index (χ0) is 11.4. The molecule has 16 heavy (non-hydrogen) atoms. The number of rotatable bonds is 4. The lowest BCUT2D eigenvalue weighted by atomic mass is 10.1. The summed E-state index contributed by atoms with van der Waals surface area (Å²) >= 11 is 1.64. The maximum Gasteiger partial charge on any atom is 0.147 e. The molecule has 0 amide bonds. The van der Waals surface area contributed by atoms with Gasteiger partial charge in [-0.2, -0.15) is 0 Å². The van der Waals surface area contributed by atoms with Crippen LogP contribution >= 0.6 is 11.3 Å². The summed E-state index contributed by atoms with van der Waals surface area (Å²) in [6.07, 6.45) is 1.07. The van der Waals surface area contributed by atoms with E-state index in [0.717, 1.165) is 28.5 Å². The molecule has 0 aliphatic heterocycles. The monoisotopic (exact) mass is 233 g/mol. The van der Waals surface area contributed by atoms with E-state index in [1.165, 1.54) is 5.56 Å². The van der Waals surface area contributed by atoms with Gasteiger partial charge in [0.1, 0.15) is 10.0 Å². The summed E-state index contributed by atoms with van der Waals surface area (Å²) in [7, 11) is 1.91. The molecule has 2 aromatic rings. The molecule has 4 heteroatoms. The largest absolute Gasteiger partial charge is 0.313 e. The van der Waals surface area contributed by atoms with Crippen LogP contribution in [0.15, 0.2) is 24.3 Å². The Morgan fingerprint density at radius 3 is 2.56 bits per heavy atom. The number of hydrogen-bond acceptors (Lipinski definition) is 4. The lowest BCUT2D eigenvalue weighted by Crippen LogP contribution is -2.04. The normalized spacial score (nSPS) is 10.6. The topological polar surface area (TPSA) is 37.8 Å². The number of aromatic nitrogens is 2. The van der Waals surface area contributed by atoms with Crippen LogP contribution in [-0.2, 0) is 13.0 Å². The van der Waals surface area contributed by atoms with Crippen LogP contribution in [0.2, 0.25) is 0 Å². The summed E-state index contributed by atoms with van der Waals surface area (Å²) in [5.74, 6) is 0. The summed E-state index contributed by atoms with van der Waals surface area (Å²) in [5, 5.41) is 13.4. The molecule has 0 aliphatic carbocycles. The van der Waals surface area contributed by atoms with Gasteiger partial charge in [-0.1, -0.05) is 42.5 Å². The molecule has 1 N–H and O–H groups in total. The summed E-state index contributed by atoms with van der Waals surface area (Å²) < 4.78 is 0. The third kappa shape index (κ3) is 2.46. The van der Waals surface area contributed by atoms with E-state index in [1.54, 1.807) is 11.3 Å². The molecule has 0 bridgehead atoms. The van der Waals surface area contributed by atoms with Crippen LogP contribution in [0.5, 0.6) is 0 Å². The van der Waals surface area contributed by atoms with Crippen molar-refractivity contribution in [3.05, 3.63) is 34.8 Å². The van der Waals surface area contributed by atoms with Gasteiger partial charge in [0, 0.05) is 12.1 Å². The Balaban J connectivity index is 2.21. The van der Waals surface area contributed by atoms with E-state index in [0.29, 0.717) is 0 Å². The van der Waals surface area contributed by atoms with E-state index < -0.39 is 0 Å². The average molecular weight is 233 g/mol. The third-order valence-electron chi connectivity index (χ3n) is 2.40. The van der Waals surface area contributed by atoms with Gasteiger partial charge in [-0.3, -0.25) is 0 Å². The Kier molecular flexibility index (Phi) is 3.64. The van der Waals surface area contributed by atoms with Crippen molar-refractivity contribution in [2.45, 2.75) is 19.9 Å². The maximum absolute atomic E-state index is 4.19. The fourth-order valence-corrected chi connectivity index (χ4v) is 2.33. The van der Waals surface area contributed by atoms with Gasteiger partial charge in [0.25, 0.3) is 0 Å². The standard InChI is InChI=1S/C12H15N3S/c1-3-9-4-6-10(7-5-9)12-15-14-11(16-12)8-13-2/h4-7,13H,3,8H2,1-2H3. The fraction of sp³-hybridized carbons (Fsp3) is 0.333. The molecular weight excluding hydrogens is 218 g/mol. The summed E-state index contributed by atoms with van der Waals surface area (Å²) in [4.78, 5) is 0. The van der Waals surface area contributed by atoms with Crippen LogP contribution < -0.4 is 5.32 Å². The van der Waals surface area contributed by atoms with Crippen LogP contribution in [0.4, 0.5) is 0 Å². The lowest BCUT2D eigenvalue weighted by Gasteiger charge is -1.97. The number of nitrogens with zero attached hydrogens (tertiary/aromatic N) is 2. The van der Waals surface area contributed by atoms with Gasteiger partial charge in [-0.25, -0.2) is 0 Å². The lowest BCUT2D eigenvalue weighted by molar-refractivity contribution is 0.795. The van der Waals surface area contributed by atoms with Gasteiger partial charge >= 0.3 is 0 Å². The zero-order valence-electron chi connectivity index (χ0n) is 9.53. The van der Waals surface area contributed by atoms with Crippen molar-refractivity contribution < 1.29 is 0 Å². The summed E-state index contributed by atoms with van der Waals surface area (Å²) in [6.45, 7) is 2.94. The number of benzene rings is 1. The molecular formula is C12H15N3S. The Morgan fingerprint density at radius 1 is 1.19 bits per heavy atom. The van der Waals surface area contributed by atoms with Crippen LogP contribution in [0.1, 0.15) is 17.5 Å². The van der Waals surface area contributed by atoms with Crippen LogP contribution in [0.25, 0.3) is 10.6 Å². The first kappa shape index (κ1) is 11.2. The van der Waals surface area contributed by atoms with Crippen LogP contribution in [0.3, 0.4) is 0 Å². The van der Waals surface area contributed by atoms with Gasteiger partial charge in [0.2, 0.25) is 0 Å². The summed E-state index contributed by atoms with van der Waals surface area (Å²) in [6, 6.07) is 8.52. The average Bonchev–Trinajstić information content (AvgIpc) is 2.78. The van der Waals surface area contributed by atoms with Crippen molar-refractivity contribution in [1.29, 1.82) is 0 Å². The van der Waals surface area contributed by atoms with E-state index in [9.17, 15) is 0 Å². The van der Waals surface area contributed by atoms with Crippen LogP contribution in [0, 0.1) is 0 Å². The number of hydrogen-bond donors (Lipinski definition) is 1. The molecule has 2 rings (SSSR count). The van der Waals surface area contributed by atoms with Gasteiger partial charge in [-0.15, -0.1) is 10.2 Å². The minimum absolute atomic E-state index is 0.782. The Morgan fingerprint density at radius 2 is 1.94 bits per heavy atom. The molecule has 1 aromatic carbocycles. The van der Waals surface area contributed by atoms with Crippen molar-refractivity contribution >= 4 is 11.3 Å². The second-order valence-corrected chi connectivity index (χ2v) is 4.64. The second kappa shape index (κ2) is 5.18. The SMILES string of the molecule is CCc1ccc(-c2nnc(CNC)s2)cc1. The molecule has 0 aliphatic rings. The summed E-state index contributed by atoms with van der Waals surface area (Å²) in [5.41, 5.74) is 2.50. The first-order valence-corrected chi connectivity index (χ1v) is 6.21. The van der Waals surface area contributed by atoms with Crippen molar-refractivity contribution in [2.24, 2.45) is 0 Å². The Bertz CT molecular complexity index is 448. The minimum atomic E-state index is 0.782. The molecule has 0 atom stereocenters. The first-order valence-electron chi connectivity index (χ1n) is 5.39. The molecule has 1 aromatic heterocycles. The van der Waals surface area contributed by atoms with Gasteiger partial charge in [0.15, 0.2) is 0 Å². The zero-order valence-corrected chi connectivity index (χ0v) is 10.3. The number of aryl methyl sites for hydroxylation is 1. The smallest absolute Gasteiger partial charge is 0.147 e. The van der Waals surface area contributed by atoms with E-state index in [4.69, 9.17) is 0 Å². The minimum Gasteiger partial charge on any atom is -0.313 e. The highest BCUT2D eigenvalue weighted by Gasteiger charge is 2.05. The molecule has 0 radical (unpaired) electrons. The molecule has 0 saturated carbocycles. The predicted octanol–water partition coefficient (Wildman–Crippen LogP) is 2.49. The molecule has 3 nitrogen and oxygen atoms in total. The van der Waals surface area contributed by atoms with E-state index >= 15 is 0 Å². The highest BCUT2D eigenvalue weighted by molar-refractivity contribution is 7.14. The highest BCUT2D eigenvalue weighted by Crippen LogP contribution is 2.23.